The first-order chi connectivity index (χ1) is 10.2. The number of urea groups is 1. The van der Waals surface area contributed by atoms with Crippen LogP contribution in [0.4, 0.5) is 10.5 Å². The van der Waals surface area contributed by atoms with Gasteiger partial charge in [-0.2, -0.15) is 0 Å². The maximum atomic E-state index is 12.2. The summed E-state index contributed by atoms with van der Waals surface area (Å²) in [6, 6.07) is 7.21. The van der Waals surface area contributed by atoms with Gasteiger partial charge in [-0.25, -0.2) is 4.79 Å². The van der Waals surface area contributed by atoms with E-state index in [9.17, 15) is 4.79 Å². The summed E-state index contributed by atoms with van der Waals surface area (Å²) < 4.78 is 0. The molecule has 0 atom stereocenters. The first-order valence-corrected chi connectivity index (χ1v) is 8.10. The van der Waals surface area contributed by atoms with Gasteiger partial charge in [-0.3, -0.25) is 4.90 Å². The average molecular weight is 310 g/mol. The minimum Gasteiger partial charge on any atom is -0.322 e. The second-order valence-corrected chi connectivity index (χ2v) is 5.91. The van der Waals surface area contributed by atoms with E-state index in [0.717, 1.165) is 38.4 Å². The largest absolute Gasteiger partial charge is 0.322 e. The van der Waals surface area contributed by atoms with Crippen molar-refractivity contribution in [1.29, 1.82) is 0 Å². The topological polar surface area (TPSA) is 35.6 Å². The third kappa shape index (κ3) is 5.21. The second-order valence-electron chi connectivity index (χ2n) is 5.48. The van der Waals surface area contributed by atoms with E-state index in [2.05, 4.69) is 17.1 Å². The highest BCUT2D eigenvalue weighted by Gasteiger charge is 2.20. The molecule has 0 unspecified atom stereocenters. The SMILES string of the molecule is CCCCCN1CCN(C(=O)Nc2cccc(Cl)c2)CC1. The summed E-state index contributed by atoms with van der Waals surface area (Å²) in [5, 5.41) is 3.54. The molecule has 116 valence electrons. The van der Waals surface area contributed by atoms with Crippen molar-refractivity contribution in [3.8, 4) is 0 Å². The molecule has 0 saturated carbocycles. The van der Waals surface area contributed by atoms with Gasteiger partial charge in [0.2, 0.25) is 0 Å². The van der Waals surface area contributed by atoms with E-state index in [1.807, 2.05) is 17.0 Å². The van der Waals surface area contributed by atoms with Crippen LogP contribution < -0.4 is 5.32 Å². The van der Waals surface area contributed by atoms with Crippen molar-refractivity contribution in [2.24, 2.45) is 0 Å². The summed E-state index contributed by atoms with van der Waals surface area (Å²) in [4.78, 5) is 16.5. The van der Waals surface area contributed by atoms with Gasteiger partial charge in [0.1, 0.15) is 0 Å². The Morgan fingerprint density at radius 3 is 2.67 bits per heavy atom. The molecular weight excluding hydrogens is 286 g/mol. The molecule has 0 aromatic heterocycles. The summed E-state index contributed by atoms with van der Waals surface area (Å²) >= 11 is 5.92. The van der Waals surface area contributed by atoms with Crippen molar-refractivity contribution < 1.29 is 4.79 Å². The van der Waals surface area contributed by atoms with Gasteiger partial charge < -0.3 is 10.2 Å². The highest BCUT2D eigenvalue weighted by Crippen LogP contribution is 2.15. The maximum Gasteiger partial charge on any atom is 0.321 e. The van der Waals surface area contributed by atoms with Gasteiger partial charge in [-0.05, 0) is 31.2 Å². The molecule has 1 aromatic rings. The molecule has 1 fully saturated rings. The molecule has 2 rings (SSSR count). The minimum atomic E-state index is -0.0366. The van der Waals surface area contributed by atoms with E-state index < -0.39 is 0 Å². The third-order valence-corrected chi connectivity index (χ3v) is 4.05. The van der Waals surface area contributed by atoms with Crippen molar-refractivity contribution in [2.45, 2.75) is 26.2 Å². The fourth-order valence-corrected chi connectivity index (χ4v) is 2.72. The Hall–Kier alpha value is -1.26. The summed E-state index contributed by atoms with van der Waals surface area (Å²) in [5.41, 5.74) is 0.748. The van der Waals surface area contributed by atoms with Crippen LogP contribution in [0.5, 0.6) is 0 Å². The molecule has 1 N–H and O–H groups in total. The predicted octanol–water partition coefficient (Wildman–Crippen LogP) is 3.68. The van der Waals surface area contributed by atoms with Gasteiger partial charge in [0.05, 0.1) is 0 Å². The Bertz CT molecular complexity index is 459. The van der Waals surface area contributed by atoms with E-state index in [1.54, 1.807) is 12.1 Å². The molecule has 0 bridgehead atoms. The standard InChI is InChI=1S/C16H24ClN3O/c1-2-3-4-8-19-9-11-20(12-10-19)16(21)18-15-7-5-6-14(17)13-15/h5-7,13H,2-4,8-12H2,1H3,(H,18,21). The van der Waals surface area contributed by atoms with E-state index in [-0.39, 0.29) is 6.03 Å². The van der Waals surface area contributed by atoms with Crippen molar-refractivity contribution in [3.05, 3.63) is 29.3 Å². The molecule has 1 aromatic carbocycles. The normalized spacial score (nSPS) is 16.0. The summed E-state index contributed by atoms with van der Waals surface area (Å²) in [7, 11) is 0. The van der Waals surface area contributed by atoms with Gasteiger partial charge in [0, 0.05) is 36.9 Å². The first-order valence-electron chi connectivity index (χ1n) is 7.73. The van der Waals surface area contributed by atoms with Crippen LogP contribution >= 0.6 is 11.6 Å². The monoisotopic (exact) mass is 309 g/mol. The fourth-order valence-electron chi connectivity index (χ4n) is 2.53. The van der Waals surface area contributed by atoms with Gasteiger partial charge in [-0.1, -0.05) is 37.4 Å². The van der Waals surface area contributed by atoms with Gasteiger partial charge in [0.25, 0.3) is 0 Å². The molecule has 5 heteroatoms. The number of hydrogen-bond donors (Lipinski definition) is 1. The molecule has 1 aliphatic heterocycles. The zero-order chi connectivity index (χ0) is 15.1. The van der Waals surface area contributed by atoms with Crippen molar-refractivity contribution in [1.82, 2.24) is 9.80 Å². The van der Waals surface area contributed by atoms with Crippen LogP contribution in [0.1, 0.15) is 26.2 Å². The van der Waals surface area contributed by atoms with Crippen molar-refractivity contribution in [2.75, 3.05) is 38.0 Å². The smallest absolute Gasteiger partial charge is 0.321 e. The lowest BCUT2D eigenvalue weighted by molar-refractivity contribution is 0.146. The van der Waals surface area contributed by atoms with E-state index in [4.69, 9.17) is 11.6 Å². The third-order valence-electron chi connectivity index (χ3n) is 3.81. The van der Waals surface area contributed by atoms with Crippen LogP contribution in [0, 0.1) is 0 Å². The number of carbonyl (C=O) groups excluding carboxylic acids is 1. The number of benzene rings is 1. The number of piperazine rings is 1. The second kappa shape index (κ2) is 8.25. The van der Waals surface area contributed by atoms with Crippen LogP contribution in [0.25, 0.3) is 0 Å². The predicted molar refractivity (Wildman–Crippen MR) is 88.0 cm³/mol. The van der Waals surface area contributed by atoms with Crippen LogP contribution in [0.15, 0.2) is 24.3 Å². The molecule has 21 heavy (non-hydrogen) atoms. The van der Waals surface area contributed by atoms with E-state index in [1.165, 1.54) is 19.3 Å². The molecule has 0 spiro atoms. The quantitative estimate of drug-likeness (QED) is 0.842. The number of anilines is 1. The fraction of sp³-hybridized carbons (Fsp3) is 0.562. The molecule has 0 aliphatic carbocycles. The number of nitrogens with zero attached hydrogens (tertiary/aromatic N) is 2. The van der Waals surface area contributed by atoms with Crippen LogP contribution in [-0.4, -0.2) is 48.6 Å². The Morgan fingerprint density at radius 1 is 1.24 bits per heavy atom. The van der Waals surface area contributed by atoms with Crippen molar-refractivity contribution in [3.63, 3.8) is 0 Å². The van der Waals surface area contributed by atoms with E-state index >= 15 is 0 Å². The number of hydrogen-bond acceptors (Lipinski definition) is 2. The zero-order valence-electron chi connectivity index (χ0n) is 12.6. The van der Waals surface area contributed by atoms with Crippen LogP contribution in [0.2, 0.25) is 5.02 Å². The molecule has 1 aliphatic rings. The van der Waals surface area contributed by atoms with E-state index in [0.29, 0.717) is 5.02 Å². The summed E-state index contributed by atoms with van der Waals surface area (Å²) in [5.74, 6) is 0. The highest BCUT2D eigenvalue weighted by atomic mass is 35.5. The van der Waals surface area contributed by atoms with Crippen molar-refractivity contribution >= 4 is 23.3 Å². The zero-order valence-corrected chi connectivity index (χ0v) is 13.4. The lowest BCUT2D eigenvalue weighted by Crippen LogP contribution is -2.50. The maximum absolute atomic E-state index is 12.2. The molecule has 1 heterocycles. The lowest BCUT2D eigenvalue weighted by atomic mass is 10.2. The van der Waals surface area contributed by atoms with Gasteiger partial charge >= 0.3 is 6.03 Å². The molecule has 4 nitrogen and oxygen atoms in total. The summed E-state index contributed by atoms with van der Waals surface area (Å²) in [6.45, 7) is 6.88. The number of rotatable bonds is 5. The highest BCUT2D eigenvalue weighted by molar-refractivity contribution is 6.30. The number of unbranched alkanes of at least 4 members (excludes halogenated alkanes) is 2. The molecular formula is C16H24ClN3O. The lowest BCUT2D eigenvalue weighted by Gasteiger charge is -2.34. The number of nitrogens with one attached hydrogen (secondary N) is 1. The minimum absolute atomic E-state index is 0.0366. The Balaban J connectivity index is 1.75. The van der Waals surface area contributed by atoms with Gasteiger partial charge in [-0.15, -0.1) is 0 Å². The molecule has 2 amide bonds. The number of carbonyl (C=O) groups is 1. The van der Waals surface area contributed by atoms with Crippen LogP contribution in [0.3, 0.4) is 0 Å². The molecule has 1 saturated heterocycles. The summed E-state index contributed by atoms with van der Waals surface area (Å²) in [6.07, 6.45) is 3.79. The Morgan fingerprint density at radius 2 is 2.00 bits per heavy atom. The Labute approximate surface area is 132 Å². The Kier molecular flexibility index (Phi) is 6.33. The molecule has 0 radical (unpaired) electrons. The van der Waals surface area contributed by atoms with Crippen LogP contribution in [-0.2, 0) is 0 Å². The van der Waals surface area contributed by atoms with Gasteiger partial charge in [0.15, 0.2) is 0 Å². The first kappa shape index (κ1) is 16.1. The number of halogens is 1. The number of amides is 2. The average Bonchev–Trinajstić information content (AvgIpc) is 2.48.